The average molecular weight is 261 g/mol. The van der Waals surface area contributed by atoms with Gasteiger partial charge in [0.1, 0.15) is 0 Å². The molecular formula is C13H15N3O3. The second kappa shape index (κ2) is 5.09. The number of hydrogen-bond acceptors (Lipinski definition) is 5. The van der Waals surface area contributed by atoms with Crippen LogP contribution in [0.2, 0.25) is 0 Å². The van der Waals surface area contributed by atoms with Crippen molar-refractivity contribution in [1.29, 1.82) is 0 Å². The van der Waals surface area contributed by atoms with Crippen LogP contribution in [-0.4, -0.2) is 30.0 Å². The number of ether oxygens (including phenoxy) is 1. The molecule has 0 saturated heterocycles. The lowest BCUT2D eigenvalue weighted by Gasteiger charge is -2.17. The van der Waals surface area contributed by atoms with Gasteiger partial charge < -0.3 is 9.15 Å². The van der Waals surface area contributed by atoms with Crippen molar-refractivity contribution >= 4 is 11.7 Å². The molecule has 2 heterocycles. The Morgan fingerprint density at radius 1 is 1.42 bits per heavy atom. The van der Waals surface area contributed by atoms with Crippen molar-refractivity contribution in [2.24, 2.45) is 0 Å². The van der Waals surface area contributed by atoms with E-state index in [9.17, 15) is 4.79 Å². The minimum absolute atomic E-state index is 0.215. The molecule has 6 heteroatoms. The molecule has 0 fully saturated rings. The number of pyridine rings is 1. The molecule has 0 aliphatic rings. The molecule has 0 spiro atoms. The van der Waals surface area contributed by atoms with Gasteiger partial charge in [-0.2, -0.15) is 0 Å². The van der Waals surface area contributed by atoms with Gasteiger partial charge in [0, 0.05) is 20.2 Å². The predicted octanol–water partition coefficient (Wildman–Crippen LogP) is 1.97. The molecule has 2 rings (SSSR count). The number of anilines is 1. The van der Waals surface area contributed by atoms with Crippen molar-refractivity contribution < 1.29 is 13.9 Å². The van der Waals surface area contributed by atoms with Gasteiger partial charge in [-0.25, -0.2) is 9.97 Å². The van der Waals surface area contributed by atoms with E-state index in [0.29, 0.717) is 23.2 Å². The van der Waals surface area contributed by atoms with E-state index in [1.165, 1.54) is 12.0 Å². The minimum atomic E-state index is -0.310. The van der Waals surface area contributed by atoms with Crippen molar-refractivity contribution in [3.63, 3.8) is 0 Å². The molecule has 19 heavy (non-hydrogen) atoms. The summed E-state index contributed by atoms with van der Waals surface area (Å²) in [7, 11) is 3.15. The molecular weight excluding hydrogens is 246 g/mol. The highest BCUT2D eigenvalue weighted by Crippen LogP contribution is 2.25. The summed E-state index contributed by atoms with van der Waals surface area (Å²) in [6.45, 7) is 3.43. The number of nitrogens with zero attached hydrogens (tertiary/aromatic N) is 3. The molecule has 2 aromatic rings. The normalized spacial score (nSPS) is 10.3. The Balaban J connectivity index is 2.36. The summed E-state index contributed by atoms with van der Waals surface area (Å²) in [5, 5.41) is 0. The maximum atomic E-state index is 12.3. The van der Waals surface area contributed by atoms with Gasteiger partial charge in [-0.1, -0.05) is 0 Å². The fourth-order valence-corrected chi connectivity index (χ4v) is 1.77. The summed E-state index contributed by atoms with van der Waals surface area (Å²) < 4.78 is 10.5. The summed E-state index contributed by atoms with van der Waals surface area (Å²) >= 11 is 0. The number of amides is 1. The lowest BCUT2D eigenvalue weighted by Crippen LogP contribution is -2.27. The molecule has 0 aromatic carbocycles. The second-order valence-electron chi connectivity index (χ2n) is 4.04. The third-order valence-electron chi connectivity index (χ3n) is 2.69. The topological polar surface area (TPSA) is 68.5 Å². The van der Waals surface area contributed by atoms with Crippen LogP contribution in [0.5, 0.6) is 5.75 Å². The van der Waals surface area contributed by atoms with Gasteiger partial charge in [-0.15, -0.1) is 0 Å². The smallest absolute Gasteiger partial charge is 0.296 e. The number of carbonyl (C=O) groups excluding carboxylic acids is 1. The molecule has 0 N–H and O–H groups in total. The number of aromatic nitrogens is 2. The van der Waals surface area contributed by atoms with Gasteiger partial charge in [0.05, 0.1) is 12.8 Å². The predicted molar refractivity (Wildman–Crippen MR) is 69.5 cm³/mol. The Morgan fingerprint density at radius 2 is 2.16 bits per heavy atom. The Bertz CT molecular complexity index is 607. The summed E-state index contributed by atoms with van der Waals surface area (Å²) in [4.78, 5) is 22.0. The van der Waals surface area contributed by atoms with E-state index < -0.39 is 0 Å². The number of methoxy groups -OCH3 is 1. The average Bonchev–Trinajstić information content (AvgIpc) is 2.76. The molecule has 0 aliphatic carbocycles. The van der Waals surface area contributed by atoms with Crippen LogP contribution in [0.25, 0.3) is 0 Å². The number of rotatable bonds is 3. The van der Waals surface area contributed by atoms with E-state index in [2.05, 4.69) is 9.97 Å². The molecule has 0 atom stereocenters. The number of aryl methyl sites for hydroxylation is 2. The van der Waals surface area contributed by atoms with Gasteiger partial charge in [0.15, 0.2) is 17.5 Å². The van der Waals surface area contributed by atoms with Crippen molar-refractivity contribution in [3.8, 4) is 5.75 Å². The molecule has 0 saturated carbocycles. The summed E-state index contributed by atoms with van der Waals surface area (Å²) in [5.74, 6) is 1.32. The molecule has 0 unspecified atom stereocenters. The van der Waals surface area contributed by atoms with E-state index in [4.69, 9.17) is 9.15 Å². The highest BCUT2D eigenvalue weighted by atomic mass is 16.5. The largest absolute Gasteiger partial charge is 0.493 e. The molecule has 0 aliphatic heterocycles. The zero-order chi connectivity index (χ0) is 14.0. The lowest BCUT2D eigenvalue weighted by molar-refractivity contribution is 0.0963. The van der Waals surface area contributed by atoms with Crippen molar-refractivity contribution in [2.75, 3.05) is 19.1 Å². The maximum absolute atomic E-state index is 12.3. The third kappa shape index (κ3) is 2.42. The van der Waals surface area contributed by atoms with Crippen LogP contribution in [0, 0.1) is 13.8 Å². The van der Waals surface area contributed by atoms with Crippen LogP contribution in [0.4, 0.5) is 5.82 Å². The molecule has 6 nitrogen and oxygen atoms in total. The van der Waals surface area contributed by atoms with E-state index in [1.807, 2.05) is 0 Å². The van der Waals surface area contributed by atoms with Crippen LogP contribution in [0.3, 0.4) is 0 Å². The van der Waals surface area contributed by atoms with E-state index in [-0.39, 0.29) is 11.7 Å². The Morgan fingerprint density at radius 3 is 2.74 bits per heavy atom. The summed E-state index contributed by atoms with van der Waals surface area (Å²) in [5.41, 5.74) is 0.559. The fraction of sp³-hybridized carbons (Fsp3) is 0.308. The monoisotopic (exact) mass is 261 g/mol. The zero-order valence-electron chi connectivity index (χ0n) is 11.3. The zero-order valence-corrected chi connectivity index (χ0v) is 11.3. The van der Waals surface area contributed by atoms with Gasteiger partial charge in [0.2, 0.25) is 5.76 Å². The minimum Gasteiger partial charge on any atom is -0.493 e. The van der Waals surface area contributed by atoms with Crippen LogP contribution in [-0.2, 0) is 0 Å². The highest BCUT2D eigenvalue weighted by molar-refractivity contribution is 6.04. The van der Waals surface area contributed by atoms with Crippen LogP contribution >= 0.6 is 0 Å². The van der Waals surface area contributed by atoms with E-state index in [0.717, 1.165) is 0 Å². The first-order chi connectivity index (χ1) is 9.04. The van der Waals surface area contributed by atoms with Gasteiger partial charge in [-0.3, -0.25) is 9.69 Å². The SMILES string of the molecule is COc1cccnc1N(C)C(=O)c1oc(C)nc1C. The van der Waals surface area contributed by atoms with E-state index >= 15 is 0 Å². The Kier molecular flexibility index (Phi) is 3.50. The molecule has 1 amide bonds. The van der Waals surface area contributed by atoms with Crippen molar-refractivity contribution in [3.05, 3.63) is 35.7 Å². The Hall–Kier alpha value is -2.37. The standard InChI is InChI=1S/C13H15N3O3/c1-8-11(19-9(2)15-8)13(17)16(3)12-10(18-4)6-5-7-14-12/h5-7H,1-4H3. The highest BCUT2D eigenvalue weighted by Gasteiger charge is 2.23. The van der Waals surface area contributed by atoms with Crippen LogP contribution in [0.1, 0.15) is 22.1 Å². The van der Waals surface area contributed by atoms with Crippen molar-refractivity contribution in [2.45, 2.75) is 13.8 Å². The number of hydrogen-bond donors (Lipinski definition) is 0. The lowest BCUT2D eigenvalue weighted by atomic mass is 10.3. The number of carbonyl (C=O) groups is 1. The maximum Gasteiger partial charge on any atom is 0.296 e. The molecule has 2 aromatic heterocycles. The first-order valence-electron chi connectivity index (χ1n) is 5.75. The third-order valence-corrected chi connectivity index (χ3v) is 2.69. The second-order valence-corrected chi connectivity index (χ2v) is 4.04. The van der Waals surface area contributed by atoms with Crippen LogP contribution in [0.15, 0.2) is 22.7 Å². The van der Waals surface area contributed by atoms with Gasteiger partial charge in [-0.05, 0) is 19.1 Å². The summed E-state index contributed by atoms with van der Waals surface area (Å²) in [6, 6.07) is 3.48. The summed E-state index contributed by atoms with van der Waals surface area (Å²) in [6.07, 6.45) is 1.60. The van der Waals surface area contributed by atoms with Gasteiger partial charge in [0.25, 0.3) is 5.91 Å². The number of oxazole rings is 1. The van der Waals surface area contributed by atoms with Crippen molar-refractivity contribution in [1.82, 2.24) is 9.97 Å². The quantitative estimate of drug-likeness (QED) is 0.845. The first kappa shape index (κ1) is 13.1. The molecule has 100 valence electrons. The fourth-order valence-electron chi connectivity index (χ4n) is 1.77. The molecule has 0 radical (unpaired) electrons. The molecule has 0 bridgehead atoms. The first-order valence-corrected chi connectivity index (χ1v) is 5.75. The Labute approximate surface area is 111 Å². The van der Waals surface area contributed by atoms with E-state index in [1.54, 1.807) is 39.2 Å². The van der Waals surface area contributed by atoms with Gasteiger partial charge >= 0.3 is 0 Å². The van der Waals surface area contributed by atoms with Crippen LogP contribution < -0.4 is 9.64 Å².